The molecule has 0 spiro atoms. The zero-order valence-corrected chi connectivity index (χ0v) is 13.7. The van der Waals surface area contributed by atoms with Crippen molar-refractivity contribution in [3.05, 3.63) is 0 Å². The predicted molar refractivity (Wildman–Crippen MR) is 83.6 cm³/mol. The summed E-state index contributed by atoms with van der Waals surface area (Å²) in [5.74, 6) is 0. The molecule has 2 fully saturated rings. The smallest absolute Gasteiger partial charge is 0.317 e. The molecule has 0 atom stereocenters. The minimum absolute atomic E-state index is 0.0651. The van der Waals surface area contributed by atoms with Crippen LogP contribution in [0.15, 0.2) is 0 Å². The van der Waals surface area contributed by atoms with Gasteiger partial charge in [-0.2, -0.15) is 0 Å². The van der Waals surface area contributed by atoms with Crippen LogP contribution in [0.5, 0.6) is 0 Å². The summed E-state index contributed by atoms with van der Waals surface area (Å²) >= 11 is 0. The van der Waals surface area contributed by atoms with Crippen LogP contribution in [0.3, 0.4) is 0 Å². The first kappa shape index (κ1) is 16.5. The van der Waals surface area contributed by atoms with E-state index in [1.807, 2.05) is 25.7 Å². The van der Waals surface area contributed by atoms with Crippen LogP contribution < -0.4 is 5.32 Å². The third-order valence-corrected chi connectivity index (χ3v) is 3.98. The van der Waals surface area contributed by atoms with E-state index in [9.17, 15) is 4.79 Å². The minimum atomic E-state index is -0.162. The van der Waals surface area contributed by atoms with Gasteiger partial charge in [0.25, 0.3) is 0 Å². The van der Waals surface area contributed by atoms with Crippen molar-refractivity contribution in [3.8, 4) is 0 Å². The first-order valence-electron chi connectivity index (χ1n) is 8.03. The van der Waals surface area contributed by atoms with Crippen molar-refractivity contribution in [2.75, 3.05) is 65.6 Å². The van der Waals surface area contributed by atoms with Crippen LogP contribution in [0.2, 0.25) is 0 Å². The van der Waals surface area contributed by atoms with Crippen molar-refractivity contribution in [1.82, 2.24) is 20.0 Å². The quantitative estimate of drug-likeness (QED) is 0.821. The average molecular weight is 298 g/mol. The Hall–Kier alpha value is -0.850. The number of carbonyl (C=O) groups is 1. The summed E-state index contributed by atoms with van der Waals surface area (Å²) in [5.41, 5.74) is -0.162. The SMILES string of the molecule is CC(C)(C)NC(=O)N1CCN(CCN2CCOCC2)CC1. The van der Waals surface area contributed by atoms with Crippen LogP contribution >= 0.6 is 0 Å². The zero-order chi connectivity index (χ0) is 15.3. The molecule has 122 valence electrons. The Labute approximate surface area is 128 Å². The van der Waals surface area contributed by atoms with Gasteiger partial charge in [0.15, 0.2) is 0 Å². The highest BCUT2D eigenvalue weighted by Crippen LogP contribution is 2.06. The third kappa shape index (κ3) is 5.80. The number of amides is 2. The van der Waals surface area contributed by atoms with Gasteiger partial charge in [0, 0.05) is 57.9 Å². The number of hydrogen-bond donors (Lipinski definition) is 1. The Morgan fingerprint density at radius 3 is 2.00 bits per heavy atom. The van der Waals surface area contributed by atoms with Crippen LogP contribution in [0.1, 0.15) is 20.8 Å². The zero-order valence-electron chi connectivity index (χ0n) is 13.7. The second-order valence-electron chi connectivity index (χ2n) is 6.96. The lowest BCUT2D eigenvalue weighted by atomic mass is 10.1. The maximum absolute atomic E-state index is 12.1. The van der Waals surface area contributed by atoms with E-state index in [0.29, 0.717) is 0 Å². The maximum Gasteiger partial charge on any atom is 0.317 e. The summed E-state index contributed by atoms with van der Waals surface area (Å²) in [4.78, 5) is 18.9. The molecule has 0 saturated carbocycles. The van der Waals surface area contributed by atoms with Gasteiger partial charge < -0.3 is 15.0 Å². The Morgan fingerprint density at radius 1 is 0.952 bits per heavy atom. The number of rotatable bonds is 3. The number of morpholine rings is 1. The summed E-state index contributed by atoms with van der Waals surface area (Å²) in [5, 5.41) is 3.03. The molecule has 0 bridgehead atoms. The van der Waals surface area contributed by atoms with Gasteiger partial charge >= 0.3 is 6.03 Å². The van der Waals surface area contributed by atoms with Gasteiger partial charge in [-0.1, -0.05) is 0 Å². The maximum atomic E-state index is 12.1. The van der Waals surface area contributed by atoms with Gasteiger partial charge in [-0.15, -0.1) is 0 Å². The first-order chi connectivity index (χ1) is 9.94. The molecular weight excluding hydrogens is 268 g/mol. The van der Waals surface area contributed by atoms with E-state index in [4.69, 9.17) is 4.74 Å². The lowest BCUT2D eigenvalue weighted by Crippen LogP contribution is -2.55. The van der Waals surface area contributed by atoms with Crippen molar-refractivity contribution in [2.24, 2.45) is 0 Å². The second-order valence-corrected chi connectivity index (χ2v) is 6.96. The molecule has 21 heavy (non-hydrogen) atoms. The summed E-state index contributed by atoms with van der Waals surface area (Å²) in [6.07, 6.45) is 0. The largest absolute Gasteiger partial charge is 0.379 e. The van der Waals surface area contributed by atoms with Crippen molar-refractivity contribution in [2.45, 2.75) is 26.3 Å². The number of carbonyl (C=O) groups excluding carboxylic acids is 1. The standard InChI is InChI=1S/C15H30N4O2/c1-15(2,3)16-14(20)19-8-6-17(7-9-19)4-5-18-10-12-21-13-11-18/h4-13H2,1-3H3,(H,16,20). The van der Waals surface area contributed by atoms with Gasteiger partial charge in [0.1, 0.15) is 0 Å². The van der Waals surface area contributed by atoms with E-state index in [1.165, 1.54) is 0 Å². The van der Waals surface area contributed by atoms with Gasteiger partial charge in [-0.05, 0) is 20.8 Å². The van der Waals surface area contributed by atoms with E-state index in [1.54, 1.807) is 0 Å². The Bertz CT molecular complexity index is 329. The van der Waals surface area contributed by atoms with Crippen LogP contribution in [0, 0.1) is 0 Å². The molecule has 0 unspecified atom stereocenters. The molecule has 0 aromatic rings. The Balaban J connectivity index is 1.64. The number of ether oxygens (including phenoxy) is 1. The number of urea groups is 1. The lowest BCUT2D eigenvalue weighted by molar-refractivity contribution is 0.0308. The van der Waals surface area contributed by atoms with Crippen molar-refractivity contribution in [3.63, 3.8) is 0 Å². The van der Waals surface area contributed by atoms with E-state index in [0.717, 1.165) is 65.6 Å². The predicted octanol–water partition coefficient (Wildman–Crippen LogP) is 0.444. The van der Waals surface area contributed by atoms with E-state index in [-0.39, 0.29) is 11.6 Å². The normalized spacial score (nSPS) is 22.3. The molecule has 2 amide bonds. The topological polar surface area (TPSA) is 48.1 Å². The second kappa shape index (κ2) is 7.42. The summed E-state index contributed by atoms with van der Waals surface area (Å²) in [7, 11) is 0. The molecule has 0 aromatic heterocycles. The summed E-state index contributed by atoms with van der Waals surface area (Å²) in [6.45, 7) is 15.7. The van der Waals surface area contributed by atoms with Crippen LogP contribution in [-0.2, 0) is 4.74 Å². The highest BCUT2D eigenvalue weighted by atomic mass is 16.5. The van der Waals surface area contributed by atoms with E-state index >= 15 is 0 Å². The van der Waals surface area contributed by atoms with Crippen LogP contribution in [-0.4, -0.2) is 91.8 Å². The monoisotopic (exact) mass is 298 g/mol. The molecule has 2 saturated heterocycles. The van der Waals surface area contributed by atoms with Crippen LogP contribution in [0.25, 0.3) is 0 Å². The fraction of sp³-hybridized carbons (Fsp3) is 0.933. The molecule has 2 heterocycles. The molecule has 0 aliphatic carbocycles. The van der Waals surface area contributed by atoms with Crippen molar-refractivity contribution >= 4 is 6.03 Å². The Morgan fingerprint density at radius 2 is 1.48 bits per heavy atom. The summed E-state index contributed by atoms with van der Waals surface area (Å²) < 4.78 is 5.37. The molecule has 2 aliphatic rings. The van der Waals surface area contributed by atoms with Gasteiger partial charge in [-0.3, -0.25) is 9.80 Å². The highest BCUT2D eigenvalue weighted by Gasteiger charge is 2.24. The van der Waals surface area contributed by atoms with E-state index in [2.05, 4.69) is 15.1 Å². The lowest BCUT2D eigenvalue weighted by Gasteiger charge is -2.37. The van der Waals surface area contributed by atoms with Crippen molar-refractivity contribution < 1.29 is 9.53 Å². The Kier molecular flexibility index (Phi) is 5.84. The number of nitrogens with zero attached hydrogens (tertiary/aromatic N) is 3. The molecule has 1 N–H and O–H groups in total. The van der Waals surface area contributed by atoms with Gasteiger partial charge in [0.2, 0.25) is 0 Å². The van der Waals surface area contributed by atoms with Gasteiger partial charge in [0.05, 0.1) is 13.2 Å². The third-order valence-electron chi connectivity index (χ3n) is 3.98. The molecule has 6 heteroatoms. The average Bonchev–Trinajstić information content (AvgIpc) is 2.45. The molecule has 2 rings (SSSR count). The number of nitrogens with one attached hydrogen (secondary N) is 1. The van der Waals surface area contributed by atoms with Gasteiger partial charge in [-0.25, -0.2) is 4.79 Å². The fourth-order valence-electron chi connectivity index (χ4n) is 2.68. The number of piperazine rings is 1. The molecule has 2 aliphatic heterocycles. The van der Waals surface area contributed by atoms with E-state index < -0.39 is 0 Å². The molecular formula is C15H30N4O2. The summed E-state index contributed by atoms with van der Waals surface area (Å²) in [6, 6.07) is 0.0651. The molecule has 6 nitrogen and oxygen atoms in total. The van der Waals surface area contributed by atoms with Crippen molar-refractivity contribution in [1.29, 1.82) is 0 Å². The number of hydrogen-bond acceptors (Lipinski definition) is 4. The highest BCUT2D eigenvalue weighted by molar-refractivity contribution is 5.75. The minimum Gasteiger partial charge on any atom is -0.379 e. The molecule has 0 aromatic carbocycles. The fourth-order valence-corrected chi connectivity index (χ4v) is 2.68. The first-order valence-corrected chi connectivity index (χ1v) is 8.03. The van der Waals surface area contributed by atoms with Crippen LogP contribution in [0.4, 0.5) is 4.79 Å². The molecule has 0 radical (unpaired) electrons.